The predicted molar refractivity (Wildman–Crippen MR) is 208 cm³/mol. The lowest BCUT2D eigenvalue weighted by molar-refractivity contribution is -0.154. The molecule has 0 bridgehead atoms. The van der Waals surface area contributed by atoms with Crippen LogP contribution in [0.1, 0.15) is 52.5 Å². The number of alkyl halides is 1. The van der Waals surface area contributed by atoms with Gasteiger partial charge in [0.1, 0.15) is 13.6 Å². The zero-order chi connectivity index (χ0) is 36.1. The molecule has 0 saturated heterocycles. The molecule has 0 amide bonds. The fraction of sp³-hybridized carbons (Fsp3) is 0.550. The summed E-state index contributed by atoms with van der Waals surface area (Å²) < 4.78 is 52.8. The second-order valence-electron chi connectivity index (χ2n) is 15.0. The van der Waals surface area contributed by atoms with Crippen LogP contribution in [0, 0.1) is 17.3 Å². The minimum Gasteiger partial charge on any atom is -0.356 e. The van der Waals surface area contributed by atoms with E-state index in [0.29, 0.717) is 24.5 Å². The average Bonchev–Trinajstić information content (AvgIpc) is 3.05. The molecule has 9 heteroatoms. The number of hydrogen-bond donors (Lipinski definition) is 0. The van der Waals surface area contributed by atoms with Crippen LogP contribution in [0.4, 0.5) is 0 Å². The van der Waals surface area contributed by atoms with Gasteiger partial charge in [-0.15, -0.1) is 0 Å². The Morgan fingerprint density at radius 3 is 2.31 bits per heavy atom. The number of benzene rings is 2. The Hall–Kier alpha value is -1.85. The van der Waals surface area contributed by atoms with Crippen LogP contribution in [0.3, 0.4) is 0 Å². The van der Waals surface area contributed by atoms with Crippen molar-refractivity contribution in [3.8, 4) is 0 Å². The van der Waals surface area contributed by atoms with Gasteiger partial charge in [0.15, 0.2) is 9.84 Å². The van der Waals surface area contributed by atoms with Gasteiger partial charge in [-0.05, 0) is 62.8 Å². The molecule has 0 N–H and O–H groups in total. The fourth-order valence-electron chi connectivity index (χ4n) is 6.25. The van der Waals surface area contributed by atoms with Gasteiger partial charge in [-0.2, -0.15) is 0 Å². The van der Waals surface area contributed by atoms with E-state index in [1.165, 1.54) is 11.1 Å². The van der Waals surface area contributed by atoms with Gasteiger partial charge >= 0.3 is 0 Å². The lowest BCUT2D eigenvalue weighted by Crippen LogP contribution is -2.51. The van der Waals surface area contributed by atoms with E-state index in [4.69, 9.17) is 18.9 Å². The molecule has 2 aromatic rings. The summed E-state index contributed by atoms with van der Waals surface area (Å²) in [5.41, 5.74) is 3.64. The second-order valence-corrected chi connectivity index (χ2v) is 23.2. The highest BCUT2D eigenvalue weighted by molar-refractivity contribution is 9.09. The molecule has 272 valence electrons. The van der Waals surface area contributed by atoms with E-state index < -0.39 is 29.4 Å². The van der Waals surface area contributed by atoms with E-state index in [9.17, 15) is 8.42 Å². The highest BCUT2D eigenvalue weighted by atomic mass is 79.9. The van der Waals surface area contributed by atoms with Crippen molar-refractivity contribution in [3.05, 3.63) is 102 Å². The maximum atomic E-state index is 13.8. The molecule has 1 aliphatic carbocycles. The summed E-state index contributed by atoms with van der Waals surface area (Å²) in [5, 5.41) is 0.851. The van der Waals surface area contributed by atoms with Crippen molar-refractivity contribution in [1.82, 2.24) is 0 Å². The Kier molecular flexibility index (Phi) is 16.7. The van der Waals surface area contributed by atoms with Crippen LogP contribution in [0.15, 0.2) is 101 Å². The molecular formula is C40H59BrO6SSi. The van der Waals surface area contributed by atoms with E-state index in [-0.39, 0.29) is 37.3 Å². The largest absolute Gasteiger partial charge is 0.356 e. The van der Waals surface area contributed by atoms with Crippen molar-refractivity contribution < 1.29 is 27.4 Å². The minimum absolute atomic E-state index is 0.0147. The Balaban J connectivity index is 1.94. The van der Waals surface area contributed by atoms with Gasteiger partial charge in [-0.25, -0.2) is 8.42 Å². The summed E-state index contributed by atoms with van der Waals surface area (Å²) in [4.78, 5) is 0.326. The molecule has 49 heavy (non-hydrogen) atoms. The molecular weight excluding hydrogens is 716 g/mol. The number of rotatable bonds is 20. The molecule has 0 radical (unpaired) electrons. The first-order valence-electron chi connectivity index (χ1n) is 17.4. The quantitative estimate of drug-likeness (QED) is 0.0439. The second kappa shape index (κ2) is 19.7. The molecule has 3 rings (SSSR count). The zero-order valence-corrected chi connectivity index (χ0v) is 34.2. The summed E-state index contributed by atoms with van der Waals surface area (Å²) in [7, 11) is -4.85. The summed E-state index contributed by atoms with van der Waals surface area (Å²) in [6.07, 6.45) is 6.13. The van der Waals surface area contributed by atoms with Crippen LogP contribution in [0.5, 0.6) is 0 Å². The van der Waals surface area contributed by atoms with E-state index in [0.717, 1.165) is 35.4 Å². The number of hydrogen-bond acceptors (Lipinski definition) is 6. The van der Waals surface area contributed by atoms with Crippen LogP contribution in [-0.4, -0.2) is 60.0 Å². The minimum atomic E-state index is -3.60. The number of halogens is 1. The van der Waals surface area contributed by atoms with Gasteiger partial charge in [0, 0.05) is 31.3 Å². The van der Waals surface area contributed by atoms with Gasteiger partial charge in [-0.1, -0.05) is 133 Å². The molecule has 0 aromatic heterocycles. The van der Waals surface area contributed by atoms with E-state index in [1.54, 1.807) is 24.3 Å². The highest BCUT2D eigenvalue weighted by Crippen LogP contribution is 2.51. The Morgan fingerprint density at radius 2 is 1.67 bits per heavy atom. The smallest absolute Gasteiger partial charge is 0.179 e. The van der Waals surface area contributed by atoms with E-state index in [1.807, 2.05) is 43.3 Å². The van der Waals surface area contributed by atoms with Gasteiger partial charge < -0.3 is 18.9 Å². The van der Waals surface area contributed by atoms with Crippen molar-refractivity contribution >= 4 is 33.8 Å². The van der Waals surface area contributed by atoms with Crippen LogP contribution in [0.2, 0.25) is 25.7 Å². The zero-order valence-electron chi connectivity index (χ0n) is 30.8. The van der Waals surface area contributed by atoms with Crippen LogP contribution >= 0.6 is 15.9 Å². The lowest BCUT2D eigenvalue weighted by Gasteiger charge is -2.50. The van der Waals surface area contributed by atoms with Crippen molar-refractivity contribution in [2.24, 2.45) is 17.3 Å². The first-order chi connectivity index (χ1) is 23.2. The van der Waals surface area contributed by atoms with Gasteiger partial charge in [0.25, 0.3) is 0 Å². The standard InChI is InChI=1S/C40H59BrO6SSi/c1-31(16-15-17-32(2)26-41)24-37(47-30-45-27-35-18-11-9-12-19-35)39-34(4)40(5,28-48(42,43)36-20-13-10-14-21-36)33(3)25-38(39)46-29-44-22-23-49(6,7)8/h9-14,17-21,24,33,37-39H,4,15-16,22-23,25-30H2,1-3,5-8H3/b31-24+,32-17-/t33-,37+,38+,39-,40+/m1/s1. The van der Waals surface area contributed by atoms with Gasteiger partial charge in [0.05, 0.1) is 29.5 Å². The summed E-state index contributed by atoms with van der Waals surface area (Å²) in [6, 6.07) is 19.8. The van der Waals surface area contributed by atoms with Crippen LogP contribution in [-0.2, 0) is 35.4 Å². The molecule has 5 atom stereocenters. The summed E-state index contributed by atoms with van der Waals surface area (Å²) in [5.74, 6) is -0.377. The van der Waals surface area contributed by atoms with Crippen molar-refractivity contribution in [1.29, 1.82) is 0 Å². The first kappa shape index (κ1) is 41.6. The molecule has 1 aliphatic rings. The molecule has 0 unspecified atom stereocenters. The van der Waals surface area contributed by atoms with E-state index >= 15 is 0 Å². The van der Waals surface area contributed by atoms with Crippen LogP contribution in [0.25, 0.3) is 0 Å². The number of allylic oxidation sites excluding steroid dienone is 3. The normalized spacial score (nSPS) is 23.1. The number of ether oxygens (including phenoxy) is 4. The van der Waals surface area contributed by atoms with E-state index in [2.05, 4.69) is 75.1 Å². The highest BCUT2D eigenvalue weighted by Gasteiger charge is 2.50. The topological polar surface area (TPSA) is 71.1 Å². The van der Waals surface area contributed by atoms with Crippen molar-refractivity contribution in [2.45, 2.75) is 96.4 Å². The summed E-state index contributed by atoms with van der Waals surface area (Å²) >= 11 is 3.54. The third-order valence-electron chi connectivity index (χ3n) is 9.66. The molecule has 0 heterocycles. The number of sulfone groups is 1. The Labute approximate surface area is 306 Å². The third kappa shape index (κ3) is 13.3. The maximum absolute atomic E-state index is 13.8. The maximum Gasteiger partial charge on any atom is 0.179 e. The SMILES string of the molecule is C=C1[C@H]([C@H](/C=C(\C)CC/C=C(/C)CBr)OCOCc2ccccc2)[C@@H](OCOCC[Si](C)(C)C)C[C@@H](C)[C@]1(C)CS(=O)(=O)c1ccccc1. The molecule has 6 nitrogen and oxygen atoms in total. The monoisotopic (exact) mass is 774 g/mol. The van der Waals surface area contributed by atoms with Crippen LogP contribution < -0.4 is 0 Å². The summed E-state index contributed by atoms with van der Waals surface area (Å²) in [6.45, 7) is 21.4. The van der Waals surface area contributed by atoms with Crippen molar-refractivity contribution in [2.75, 3.05) is 31.3 Å². The van der Waals surface area contributed by atoms with Crippen molar-refractivity contribution in [3.63, 3.8) is 0 Å². The first-order valence-corrected chi connectivity index (χ1v) is 23.9. The Morgan fingerprint density at radius 1 is 1.02 bits per heavy atom. The predicted octanol–water partition coefficient (Wildman–Crippen LogP) is 10.0. The molecule has 0 aliphatic heterocycles. The molecule has 1 fully saturated rings. The fourth-order valence-corrected chi connectivity index (χ4v) is 9.24. The lowest BCUT2D eigenvalue weighted by atomic mass is 9.60. The average molecular weight is 776 g/mol. The third-order valence-corrected chi connectivity index (χ3v) is 14.2. The van der Waals surface area contributed by atoms with Gasteiger partial charge in [-0.3, -0.25) is 0 Å². The van der Waals surface area contributed by atoms with Gasteiger partial charge in [0.2, 0.25) is 0 Å². The molecule has 0 spiro atoms. The Bertz CT molecular complexity index is 1470. The molecule has 2 aromatic carbocycles. The molecule has 1 saturated carbocycles.